The minimum atomic E-state index is -4.45. The van der Waals surface area contributed by atoms with Crippen LogP contribution >= 0.6 is 11.6 Å². The van der Waals surface area contributed by atoms with E-state index in [1.165, 1.54) is 6.07 Å². The second kappa shape index (κ2) is 4.97. The Morgan fingerprint density at radius 1 is 1.22 bits per heavy atom. The van der Waals surface area contributed by atoms with Gasteiger partial charge in [0.2, 0.25) is 0 Å². The lowest BCUT2D eigenvalue weighted by atomic mass is 10.0. The minimum absolute atomic E-state index is 0.00438. The molecule has 102 valence electrons. The first-order valence-electron chi connectivity index (χ1n) is 5.37. The number of benzene rings is 1. The van der Waals surface area contributed by atoms with E-state index in [1.54, 1.807) is 20.8 Å². The maximum absolute atomic E-state index is 12.6. The summed E-state index contributed by atoms with van der Waals surface area (Å²) in [6, 6.07) is 2.80. The van der Waals surface area contributed by atoms with Crippen LogP contribution in [0.5, 0.6) is 0 Å². The van der Waals surface area contributed by atoms with Gasteiger partial charge in [0.25, 0.3) is 0 Å². The Kier molecular flexibility index (Phi) is 4.18. The van der Waals surface area contributed by atoms with Crippen LogP contribution in [0.15, 0.2) is 18.2 Å². The summed E-state index contributed by atoms with van der Waals surface area (Å²) in [5.41, 5.74) is -1.65. The third-order valence-electron chi connectivity index (χ3n) is 2.67. The van der Waals surface area contributed by atoms with Gasteiger partial charge >= 0.3 is 6.18 Å². The Hall–Kier alpha value is -0.940. The molecule has 18 heavy (non-hydrogen) atoms. The van der Waals surface area contributed by atoms with Crippen LogP contribution in [0.4, 0.5) is 18.9 Å². The van der Waals surface area contributed by atoms with Crippen molar-refractivity contribution in [2.75, 3.05) is 5.32 Å². The molecule has 1 aromatic carbocycles. The SMILES string of the molecule is CC(Nc1cc(Cl)cc(C(F)(F)F)c1)C(C)(C)O. The van der Waals surface area contributed by atoms with E-state index in [0.29, 0.717) is 0 Å². The van der Waals surface area contributed by atoms with E-state index >= 15 is 0 Å². The average Bonchev–Trinajstić information content (AvgIpc) is 2.13. The first-order chi connectivity index (χ1) is 8.00. The number of hydrogen-bond donors (Lipinski definition) is 2. The number of anilines is 1. The standard InChI is InChI=1S/C12H15ClF3NO/c1-7(11(2,3)18)17-10-5-8(12(14,15)16)4-9(13)6-10/h4-7,17-18H,1-3H3. The van der Waals surface area contributed by atoms with Crippen LogP contribution in [0.25, 0.3) is 0 Å². The lowest BCUT2D eigenvalue weighted by molar-refractivity contribution is -0.137. The highest BCUT2D eigenvalue weighted by atomic mass is 35.5. The van der Waals surface area contributed by atoms with Gasteiger partial charge in [-0.05, 0) is 39.0 Å². The first kappa shape index (κ1) is 15.1. The van der Waals surface area contributed by atoms with Gasteiger partial charge in [0.05, 0.1) is 17.2 Å². The second-order valence-electron chi connectivity index (χ2n) is 4.75. The Labute approximate surface area is 109 Å². The number of alkyl halides is 3. The van der Waals surface area contributed by atoms with Crippen LogP contribution < -0.4 is 5.32 Å². The zero-order valence-electron chi connectivity index (χ0n) is 10.3. The highest BCUT2D eigenvalue weighted by molar-refractivity contribution is 6.30. The molecule has 0 aliphatic rings. The summed E-state index contributed by atoms with van der Waals surface area (Å²) in [7, 11) is 0. The molecule has 0 radical (unpaired) electrons. The summed E-state index contributed by atoms with van der Waals surface area (Å²) in [5, 5.41) is 12.5. The quantitative estimate of drug-likeness (QED) is 0.880. The minimum Gasteiger partial charge on any atom is -0.388 e. The molecule has 0 bridgehead atoms. The van der Waals surface area contributed by atoms with Gasteiger partial charge < -0.3 is 10.4 Å². The highest BCUT2D eigenvalue weighted by Gasteiger charge is 2.31. The molecular weight excluding hydrogens is 267 g/mol. The van der Waals surface area contributed by atoms with Crippen molar-refractivity contribution in [2.45, 2.75) is 38.6 Å². The summed E-state index contributed by atoms with van der Waals surface area (Å²) in [6.07, 6.45) is -4.45. The molecule has 0 heterocycles. The largest absolute Gasteiger partial charge is 0.416 e. The smallest absolute Gasteiger partial charge is 0.388 e. The van der Waals surface area contributed by atoms with Crippen LogP contribution in [0.1, 0.15) is 26.3 Å². The summed E-state index contributed by atoms with van der Waals surface area (Å²) in [6.45, 7) is 4.81. The fourth-order valence-electron chi connectivity index (χ4n) is 1.26. The third kappa shape index (κ3) is 4.07. The van der Waals surface area contributed by atoms with Crippen molar-refractivity contribution in [3.05, 3.63) is 28.8 Å². The van der Waals surface area contributed by atoms with Gasteiger partial charge in [0, 0.05) is 10.7 Å². The molecule has 0 aromatic heterocycles. The first-order valence-corrected chi connectivity index (χ1v) is 5.74. The van der Waals surface area contributed by atoms with Crippen molar-refractivity contribution in [2.24, 2.45) is 0 Å². The van der Waals surface area contributed by atoms with E-state index < -0.39 is 23.4 Å². The fraction of sp³-hybridized carbons (Fsp3) is 0.500. The summed E-state index contributed by atoms with van der Waals surface area (Å²) in [4.78, 5) is 0. The molecule has 1 aromatic rings. The van der Waals surface area contributed by atoms with Crippen molar-refractivity contribution in [1.82, 2.24) is 0 Å². The van der Waals surface area contributed by atoms with E-state index in [4.69, 9.17) is 11.6 Å². The number of aliphatic hydroxyl groups is 1. The molecule has 0 amide bonds. The molecule has 0 aliphatic carbocycles. The highest BCUT2D eigenvalue weighted by Crippen LogP contribution is 2.33. The van der Waals surface area contributed by atoms with Crippen molar-refractivity contribution in [3.63, 3.8) is 0 Å². The Morgan fingerprint density at radius 3 is 2.22 bits per heavy atom. The zero-order chi connectivity index (χ0) is 14.1. The van der Waals surface area contributed by atoms with Gasteiger partial charge in [-0.3, -0.25) is 0 Å². The lowest BCUT2D eigenvalue weighted by Crippen LogP contribution is -2.39. The molecule has 1 atom stereocenters. The predicted molar refractivity (Wildman–Crippen MR) is 65.8 cm³/mol. The number of rotatable bonds is 3. The summed E-state index contributed by atoms with van der Waals surface area (Å²) in [5.74, 6) is 0. The van der Waals surface area contributed by atoms with Crippen LogP contribution in [0.2, 0.25) is 5.02 Å². The monoisotopic (exact) mass is 281 g/mol. The molecule has 1 unspecified atom stereocenters. The fourth-order valence-corrected chi connectivity index (χ4v) is 1.50. The molecular formula is C12H15ClF3NO. The number of hydrogen-bond acceptors (Lipinski definition) is 2. The van der Waals surface area contributed by atoms with Crippen molar-refractivity contribution in [3.8, 4) is 0 Å². The van der Waals surface area contributed by atoms with E-state index in [9.17, 15) is 18.3 Å². The Bertz CT molecular complexity index is 426. The van der Waals surface area contributed by atoms with Crippen molar-refractivity contribution >= 4 is 17.3 Å². The number of halogens is 4. The van der Waals surface area contributed by atoms with E-state index in [0.717, 1.165) is 12.1 Å². The lowest BCUT2D eigenvalue weighted by Gasteiger charge is -2.28. The summed E-state index contributed by atoms with van der Waals surface area (Å²) < 4.78 is 37.8. The summed E-state index contributed by atoms with van der Waals surface area (Å²) >= 11 is 5.65. The van der Waals surface area contributed by atoms with Gasteiger partial charge in [-0.25, -0.2) is 0 Å². The topological polar surface area (TPSA) is 32.3 Å². The van der Waals surface area contributed by atoms with Crippen molar-refractivity contribution in [1.29, 1.82) is 0 Å². The number of nitrogens with one attached hydrogen (secondary N) is 1. The van der Waals surface area contributed by atoms with Gasteiger partial charge in [0.1, 0.15) is 0 Å². The predicted octanol–water partition coefficient (Wildman–Crippen LogP) is 3.93. The molecule has 0 aliphatic heterocycles. The maximum atomic E-state index is 12.6. The van der Waals surface area contributed by atoms with Crippen LogP contribution in [0, 0.1) is 0 Å². The van der Waals surface area contributed by atoms with Crippen LogP contribution in [-0.4, -0.2) is 16.7 Å². The molecule has 0 saturated heterocycles. The molecule has 0 spiro atoms. The molecule has 0 fully saturated rings. The van der Waals surface area contributed by atoms with E-state index in [-0.39, 0.29) is 10.7 Å². The maximum Gasteiger partial charge on any atom is 0.416 e. The average molecular weight is 282 g/mol. The molecule has 2 N–H and O–H groups in total. The van der Waals surface area contributed by atoms with E-state index in [2.05, 4.69) is 5.32 Å². The Balaban J connectivity index is 3.01. The Morgan fingerprint density at radius 2 is 1.78 bits per heavy atom. The molecule has 2 nitrogen and oxygen atoms in total. The van der Waals surface area contributed by atoms with Crippen LogP contribution in [0.3, 0.4) is 0 Å². The molecule has 0 saturated carbocycles. The van der Waals surface area contributed by atoms with Crippen LogP contribution in [-0.2, 0) is 6.18 Å². The molecule has 6 heteroatoms. The van der Waals surface area contributed by atoms with E-state index in [1.807, 2.05) is 0 Å². The van der Waals surface area contributed by atoms with Gasteiger partial charge in [-0.15, -0.1) is 0 Å². The normalized spacial score (nSPS) is 14.4. The van der Waals surface area contributed by atoms with Crippen molar-refractivity contribution < 1.29 is 18.3 Å². The third-order valence-corrected chi connectivity index (χ3v) is 2.89. The zero-order valence-corrected chi connectivity index (χ0v) is 11.0. The van der Waals surface area contributed by atoms with Gasteiger partial charge in [-0.1, -0.05) is 11.6 Å². The van der Waals surface area contributed by atoms with Gasteiger partial charge in [-0.2, -0.15) is 13.2 Å². The van der Waals surface area contributed by atoms with Gasteiger partial charge in [0.15, 0.2) is 0 Å². The second-order valence-corrected chi connectivity index (χ2v) is 5.18. The molecule has 1 rings (SSSR count).